The van der Waals surface area contributed by atoms with Crippen LogP contribution in [0, 0.1) is 0 Å². The molecule has 0 heteroatoms. The molecule has 0 radical (unpaired) electrons. The Hall–Kier alpha value is -2.08. The van der Waals surface area contributed by atoms with E-state index in [9.17, 15) is 0 Å². The summed E-state index contributed by atoms with van der Waals surface area (Å²) in [5.74, 6) is 0. The number of allylic oxidation sites excluding steroid dienone is 1. The molecule has 0 fully saturated rings. The topological polar surface area (TPSA) is 0 Å². The molecule has 2 aromatic rings. The van der Waals surface area contributed by atoms with E-state index < -0.39 is 0 Å². The van der Waals surface area contributed by atoms with Gasteiger partial charge in [-0.15, -0.1) is 0 Å². The quantitative estimate of drug-likeness (QED) is 0.601. The van der Waals surface area contributed by atoms with Gasteiger partial charge in [0.05, 0.1) is 0 Å². The van der Waals surface area contributed by atoms with Crippen molar-refractivity contribution < 1.29 is 0 Å². The van der Waals surface area contributed by atoms with E-state index in [0.29, 0.717) is 0 Å². The second-order valence-electron chi connectivity index (χ2n) is 4.69. The van der Waals surface area contributed by atoms with Crippen molar-refractivity contribution in [1.82, 2.24) is 0 Å². The van der Waals surface area contributed by atoms with Gasteiger partial charge in [-0.05, 0) is 29.5 Å². The lowest BCUT2D eigenvalue weighted by atomic mass is 10.0. The van der Waals surface area contributed by atoms with Gasteiger partial charge in [0.25, 0.3) is 0 Å². The van der Waals surface area contributed by atoms with Crippen LogP contribution < -0.4 is 0 Å². The highest BCUT2D eigenvalue weighted by Crippen LogP contribution is 2.17. The highest BCUT2D eigenvalue weighted by Gasteiger charge is 1.95. The lowest BCUT2D eigenvalue weighted by Crippen LogP contribution is -1.81. The summed E-state index contributed by atoms with van der Waals surface area (Å²) in [7, 11) is 0. The molecule has 0 N–H and O–H groups in total. The highest BCUT2D eigenvalue weighted by atomic mass is 14.0. The van der Waals surface area contributed by atoms with Crippen LogP contribution in [0.1, 0.15) is 37.3 Å². The van der Waals surface area contributed by atoms with E-state index in [1.165, 1.54) is 29.5 Å². The summed E-state index contributed by atoms with van der Waals surface area (Å²) in [5.41, 5.74) is 3.72. The number of rotatable bonds is 5. The van der Waals surface area contributed by atoms with Crippen molar-refractivity contribution in [2.75, 3.05) is 0 Å². The molecule has 2 rings (SSSR count). The van der Waals surface area contributed by atoms with Gasteiger partial charge < -0.3 is 0 Å². The third-order valence-corrected chi connectivity index (χ3v) is 3.05. The van der Waals surface area contributed by atoms with Crippen molar-refractivity contribution in [3.8, 4) is 0 Å². The van der Waals surface area contributed by atoms with Gasteiger partial charge in [-0.3, -0.25) is 0 Å². The van der Waals surface area contributed by atoms with Crippen molar-refractivity contribution in [2.45, 2.75) is 26.2 Å². The Labute approximate surface area is 123 Å². The standard InChI is InChI=1S/C12H16.C8H8/c1-3-4-8-11(2)12-9-6-5-7-10-12;1-2-8-6-4-3-5-7-8/h5-7,9-10H,2-4,8H2,1H3;2-7H,1H2. The van der Waals surface area contributed by atoms with E-state index in [0.717, 1.165) is 6.42 Å². The molecule has 0 atom stereocenters. The molecule has 0 heterocycles. The summed E-state index contributed by atoms with van der Waals surface area (Å²) in [6.45, 7) is 9.90. The van der Waals surface area contributed by atoms with Crippen molar-refractivity contribution in [1.29, 1.82) is 0 Å². The average Bonchev–Trinajstić information content (AvgIpc) is 2.54. The van der Waals surface area contributed by atoms with E-state index in [4.69, 9.17) is 0 Å². The Bertz CT molecular complexity index is 494. The van der Waals surface area contributed by atoms with Crippen molar-refractivity contribution in [3.05, 3.63) is 84.9 Å². The maximum atomic E-state index is 4.06. The molecule has 0 amide bonds. The Morgan fingerprint density at radius 1 is 0.950 bits per heavy atom. The largest absolute Gasteiger partial charge is 0.0985 e. The molecular formula is C20H24. The van der Waals surface area contributed by atoms with Crippen molar-refractivity contribution in [2.24, 2.45) is 0 Å². The van der Waals surface area contributed by atoms with Crippen LogP contribution in [0.5, 0.6) is 0 Å². The van der Waals surface area contributed by atoms with Gasteiger partial charge in [0.2, 0.25) is 0 Å². The number of hydrogen-bond donors (Lipinski definition) is 0. The summed E-state index contributed by atoms with van der Waals surface area (Å²) in [6, 6.07) is 20.4. The Morgan fingerprint density at radius 2 is 1.50 bits per heavy atom. The Kier molecular flexibility index (Phi) is 7.83. The van der Waals surface area contributed by atoms with Gasteiger partial charge in [-0.25, -0.2) is 0 Å². The lowest BCUT2D eigenvalue weighted by molar-refractivity contribution is 0.825. The average molecular weight is 264 g/mol. The fourth-order valence-electron chi connectivity index (χ4n) is 1.80. The molecule has 0 aliphatic rings. The SMILES string of the molecule is C=C(CCCC)c1ccccc1.C=Cc1ccccc1. The smallest absolute Gasteiger partial charge is 0.0230 e. The summed E-state index contributed by atoms with van der Waals surface area (Å²) in [5, 5.41) is 0. The summed E-state index contributed by atoms with van der Waals surface area (Å²) < 4.78 is 0. The van der Waals surface area contributed by atoms with Crippen LogP contribution >= 0.6 is 0 Å². The first-order valence-corrected chi connectivity index (χ1v) is 7.18. The van der Waals surface area contributed by atoms with E-state index in [2.05, 4.69) is 44.3 Å². The summed E-state index contributed by atoms with van der Waals surface area (Å²) >= 11 is 0. The van der Waals surface area contributed by atoms with Crippen LogP contribution in [0.2, 0.25) is 0 Å². The predicted octanol–water partition coefficient (Wildman–Crippen LogP) is 6.22. The van der Waals surface area contributed by atoms with E-state index >= 15 is 0 Å². The van der Waals surface area contributed by atoms with Crippen LogP contribution in [0.3, 0.4) is 0 Å². The first-order valence-electron chi connectivity index (χ1n) is 7.18. The van der Waals surface area contributed by atoms with E-state index in [-0.39, 0.29) is 0 Å². The molecule has 0 saturated carbocycles. The van der Waals surface area contributed by atoms with Crippen molar-refractivity contribution >= 4 is 11.6 Å². The summed E-state index contributed by atoms with van der Waals surface area (Å²) in [6.07, 6.45) is 5.44. The molecule has 2 aromatic carbocycles. The minimum atomic E-state index is 1.13. The number of hydrogen-bond acceptors (Lipinski definition) is 0. The van der Waals surface area contributed by atoms with Gasteiger partial charge in [0, 0.05) is 0 Å². The molecule has 0 aliphatic carbocycles. The maximum Gasteiger partial charge on any atom is -0.0230 e. The van der Waals surface area contributed by atoms with Crippen LogP contribution in [-0.4, -0.2) is 0 Å². The molecule has 0 aliphatic heterocycles. The van der Waals surface area contributed by atoms with Crippen molar-refractivity contribution in [3.63, 3.8) is 0 Å². The van der Waals surface area contributed by atoms with Gasteiger partial charge in [0.15, 0.2) is 0 Å². The first-order chi connectivity index (χ1) is 9.77. The minimum Gasteiger partial charge on any atom is -0.0985 e. The zero-order valence-electron chi connectivity index (χ0n) is 12.4. The molecule has 0 aromatic heterocycles. The Morgan fingerprint density at radius 3 is 1.95 bits per heavy atom. The molecule has 104 valence electrons. The monoisotopic (exact) mass is 264 g/mol. The van der Waals surface area contributed by atoms with Crippen LogP contribution in [0.15, 0.2) is 73.8 Å². The van der Waals surface area contributed by atoms with Gasteiger partial charge in [0.1, 0.15) is 0 Å². The third kappa shape index (κ3) is 6.19. The fourth-order valence-corrected chi connectivity index (χ4v) is 1.80. The van der Waals surface area contributed by atoms with Crippen LogP contribution in [0.25, 0.3) is 11.6 Å². The maximum absolute atomic E-state index is 4.06. The molecule has 0 spiro atoms. The van der Waals surface area contributed by atoms with E-state index in [1.807, 2.05) is 42.5 Å². The molecule has 0 saturated heterocycles. The number of unbranched alkanes of at least 4 members (excludes halogenated alkanes) is 1. The lowest BCUT2D eigenvalue weighted by Gasteiger charge is -2.03. The van der Waals surface area contributed by atoms with Crippen LogP contribution in [0.4, 0.5) is 0 Å². The van der Waals surface area contributed by atoms with Crippen LogP contribution in [-0.2, 0) is 0 Å². The second-order valence-corrected chi connectivity index (χ2v) is 4.69. The molecule has 20 heavy (non-hydrogen) atoms. The zero-order valence-corrected chi connectivity index (χ0v) is 12.4. The highest BCUT2D eigenvalue weighted by molar-refractivity contribution is 5.62. The minimum absolute atomic E-state index is 1.13. The summed E-state index contributed by atoms with van der Waals surface area (Å²) in [4.78, 5) is 0. The fraction of sp³-hybridized carbons (Fsp3) is 0.200. The van der Waals surface area contributed by atoms with Gasteiger partial charge >= 0.3 is 0 Å². The third-order valence-electron chi connectivity index (χ3n) is 3.05. The first kappa shape index (κ1) is 16.0. The van der Waals surface area contributed by atoms with Gasteiger partial charge in [-0.1, -0.05) is 93.2 Å². The molecule has 0 nitrogen and oxygen atoms in total. The number of benzene rings is 2. The molecule has 0 unspecified atom stereocenters. The molecule has 0 bridgehead atoms. The van der Waals surface area contributed by atoms with Gasteiger partial charge in [-0.2, -0.15) is 0 Å². The second kappa shape index (κ2) is 9.80. The normalized spacial score (nSPS) is 9.25. The predicted molar refractivity (Wildman–Crippen MR) is 91.5 cm³/mol. The Balaban J connectivity index is 0.000000217. The van der Waals surface area contributed by atoms with E-state index in [1.54, 1.807) is 0 Å². The molecular weight excluding hydrogens is 240 g/mol. The zero-order chi connectivity index (χ0) is 14.6.